The molecule has 6 heteroatoms. The highest BCUT2D eigenvalue weighted by Gasteiger charge is 2.17. The Labute approximate surface area is 294 Å². The number of aliphatic hydroxyl groups is 2. The maximum Gasteiger partial charge on any atom is 0.306 e. The molecule has 0 aromatic carbocycles. The molecule has 2 atom stereocenters. The highest BCUT2D eigenvalue weighted by Crippen LogP contribution is 2.14. The van der Waals surface area contributed by atoms with E-state index in [0.717, 1.165) is 51.4 Å². The molecule has 6 nitrogen and oxygen atoms in total. The number of rotatable bonds is 33. The Bertz CT molecular complexity index is 913. The van der Waals surface area contributed by atoms with Crippen LogP contribution in [-0.4, -0.2) is 47.6 Å². The zero-order valence-corrected chi connectivity index (χ0v) is 30.6. The highest BCUT2D eigenvalue weighted by atomic mass is 16.6. The van der Waals surface area contributed by atoms with Crippen molar-refractivity contribution in [2.24, 2.45) is 0 Å². The van der Waals surface area contributed by atoms with Crippen molar-refractivity contribution >= 4 is 11.9 Å². The van der Waals surface area contributed by atoms with Crippen molar-refractivity contribution in [2.45, 2.75) is 167 Å². The summed E-state index contributed by atoms with van der Waals surface area (Å²) in [6.45, 7) is 3.81. The molecule has 48 heavy (non-hydrogen) atoms. The molecule has 0 bridgehead atoms. The van der Waals surface area contributed by atoms with Crippen LogP contribution in [0.3, 0.4) is 0 Å². The van der Waals surface area contributed by atoms with Gasteiger partial charge in [-0.05, 0) is 44.9 Å². The molecule has 0 aromatic rings. The van der Waals surface area contributed by atoms with Gasteiger partial charge in [0, 0.05) is 12.8 Å². The predicted octanol–water partition coefficient (Wildman–Crippen LogP) is 10.8. The first-order valence-electron chi connectivity index (χ1n) is 19.1. The lowest BCUT2D eigenvalue weighted by atomic mass is 10.0. The van der Waals surface area contributed by atoms with Gasteiger partial charge in [-0.1, -0.05) is 170 Å². The number of carbonyl (C=O) groups excluding carboxylic acids is 2. The summed E-state index contributed by atoms with van der Waals surface area (Å²) in [5, 5.41) is 19.7. The van der Waals surface area contributed by atoms with E-state index in [1.165, 1.54) is 70.6 Å². The predicted molar refractivity (Wildman–Crippen MR) is 202 cm³/mol. The van der Waals surface area contributed by atoms with Crippen LogP contribution < -0.4 is 0 Å². The molecule has 0 aliphatic rings. The third kappa shape index (κ3) is 34.6. The van der Waals surface area contributed by atoms with E-state index in [-0.39, 0.29) is 25.4 Å². The van der Waals surface area contributed by atoms with Crippen molar-refractivity contribution < 1.29 is 29.3 Å². The summed E-state index contributed by atoms with van der Waals surface area (Å²) in [6.07, 6.45) is 45.7. The number of aliphatic hydroxyl groups excluding tert-OH is 2. The molecule has 0 radical (unpaired) electrons. The van der Waals surface area contributed by atoms with Crippen LogP contribution in [0.1, 0.15) is 155 Å². The molecular weight excluding hydrogens is 600 g/mol. The van der Waals surface area contributed by atoms with Gasteiger partial charge in [-0.3, -0.25) is 9.59 Å². The number of esters is 2. The van der Waals surface area contributed by atoms with E-state index in [9.17, 15) is 19.8 Å². The van der Waals surface area contributed by atoms with Gasteiger partial charge in [0.25, 0.3) is 0 Å². The van der Waals surface area contributed by atoms with Crippen molar-refractivity contribution in [3.63, 3.8) is 0 Å². The second-order valence-corrected chi connectivity index (χ2v) is 12.5. The number of hydrogen-bond donors (Lipinski definition) is 2. The molecule has 0 saturated carbocycles. The van der Waals surface area contributed by atoms with Crippen LogP contribution >= 0.6 is 0 Å². The van der Waals surface area contributed by atoms with Crippen LogP contribution in [0.2, 0.25) is 0 Å². The Hall–Kier alpha value is -2.70. The normalized spacial score (nSPS) is 13.7. The van der Waals surface area contributed by atoms with Gasteiger partial charge in [0.2, 0.25) is 0 Å². The standard InChI is InChI=1S/C42H70O6/c1-3-5-7-9-11-13-15-17-19-20-21-23-25-27-29-31-33-39(44)35-36-42(46)48-40(37-43)38-47-41(45)34-32-30-28-26-24-22-18-16-14-12-10-8-6-4-2/h5,7,11,13,17,19,21,23,27,29,31,33,39-40,43-44H,3-4,6,8-10,12,14-16,18,20,22,24-26,28,30,32,34-38H2,1-2H3/b7-5-,13-11-,19-17-,23-21-,29-27-,33-31-/t39?,40-/m0/s1. The molecular formula is C42H70O6. The largest absolute Gasteiger partial charge is 0.462 e. The van der Waals surface area contributed by atoms with Crippen molar-refractivity contribution in [1.29, 1.82) is 0 Å². The number of unbranched alkanes of at least 4 members (excludes halogenated alkanes) is 13. The molecule has 0 fully saturated rings. The van der Waals surface area contributed by atoms with E-state index in [2.05, 4.69) is 62.5 Å². The Morgan fingerprint density at radius 3 is 1.56 bits per heavy atom. The maximum atomic E-state index is 12.2. The smallest absolute Gasteiger partial charge is 0.306 e. The van der Waals surface area contributed by atoms with Crippen LogP contribution in [0.4, 0.5) is 0 Å². The van der Waals surface area contributed by atoms with Gasteiger partial charge >= 0.3 is 11.9 Å². The monoisotopic (exact) mass is 671 g/mol. The minimum absolute atomic E-state index is 0.000662. The molecule has 0 aliphatic heterocycles. The van der Waals surface area contributed by atoms with Crippen molar-refractivity contribution in [1.82, 2.24) is 0 Å². The molecule has 0 spiro atoms. The number of ether oxygens (including phenoxy) is 2. The molecule has 0 amide bonds. The summed E-state index contributed by atoms with van der Waals surface area (Å²) in [4.78, 5) is 24.2. The van der Waals surface area contributed by atoms with Gasteiger partial charge in [0.15, 0.2) is 6.10 Å². The van der Waals surface area contributed by atoms with Gasteiger partial charge in [0.1, 0.15) is 6.61 Å². The van der Waals surface area contributed by atoms with Crippen LogP contribution in [0.25, 0.3) is 0 Å². The van der Waals surface area contributed by atoms with E-state index in [4.69, 9.17) is 9.47 Å². The molecule has 0 heterocycles. The molecule has 0 rings (SSSR count). The molecule has 1 unspecified atom stereocenters. The van der Waals surface area contributed by atoms with Crippen molar-refractivity contribution in [3.8, 4) is 0 Å². The van der Waals surface area contributed by atoms with Gasteiger partial charge in [0.05, 0.1) is 12.7 Å². The van der Waals surface area contributed by atoms with Gasteiger partial charge in [-0.15, -0.1) is 0 Å². The van der Waals surface area contributed by atoms with E-state index in [1.54, 1.807) is 12.2 Å². The van der Waals surface area contributed by atoms with Crippen LogP contribution in [0.15, 0.2) is 72.9 Å². The average Bonchev–Trinajstić information content (AvgIpc) is 3.09. The minimum atomic E-state index is -0.897. The van der Waals surface area contributed by atoms with E-state index < -0.39 is 24.8 Å². The SMILES string of the molecule is CC/C=C\C/C=C\C/C=C\C/C=C\C/C=C\C=C/C(O)CCC(=O)O[C@@H](CO)COC(=O)CCCCCCCCCCCCCCCC. The van der Waals surface area contributed by atoms with Gasteiger partial charge < -0.3 is 19.7 Å². The fourth-order valence-corrected chi connectivity index (χ4v) is 4.96. The first-order valence-corrected chi connectivity index (χ1v) is 19.1. The molecule has 0 aliphatic carbocycles. The number of hydrogen-bond acceptors (Lipinski definition) is 6. The highest BCUT2D eigenvalue weighted by molar-refractivity contribution is 5.70. The summed E-state index contributed by atoms with van der Waals surface area (Å²) in [5.41, 5.74) is 0. The molecule has 274 valence electrons. The van der Waals surface area contributed by atoms with Crippen LogP contribution in [0, 0.1) is 0 Å². The Morgan fingerprint density at radius 1 is 0.583 bits per heavy atom. The average molecular weight is 671 g/mol. The second kappa shape index (κ2) is 37.1. The zero-order valence-electron chi connectivity index (χ0n) is 30.6. The lowest BCUT2D eigenvalue weighted by molar-refractivity contribution is -0.161. The van der Waals surface area contributed by atoms with Gasteiger partial charge in [-0.2, -0.15) is 0 Å². The lowest BCUT2D eigenvalue weighted by Crippen LogP contribution is -2.28. The van der Waals surface area contributed by atoms with Crippen molar-refractivity contribution in [3.05, 3.63) is 72.9 Å². The fraction of sp³-hybridized carbons (Fsp3) is 0.667. The molecule has 0 aromatic heterocycles. The fourth-order valence-electron chi connectivity index (χ4n) is 4.96. The van der Waals surface area contributed by atoms with E-state index >= 15 is 0 Å². The van der Waals surface area contributed by atoms with Gasteiger partial charge in [-0.25, -0.2) is 0 Å². The Balaban J connectivity index is 3.84. The number of allylic oxidation sites excluding steroid dienone is 11. The van der Waals surface area contributed by atoms with Crippen LogP contribution in [0.5, 0.6) is 0 Å². The summed E-state index contributed by atoms with van der Waals surface area (Å²) in [6, 6.07) is 0. The van der Waals surface area contributed by atoms with Crippen molar-refractivity contribution in [2.75, 3.05) is 13.2 Å². The second-order valence-electron chi connectivity index (χ2n) is 12.5. The van der Waals surface area contributed by atoms with E-state index in [1.807, 2.05) is 12.2 Å². The quantitative estimate of drug-likeness (QED) is 0.0312. The summed E-state index contributed by atoms with van der Waals surface area (Å²) in [5.74, 6) is -0.876. The Kier molecular flexibility index (Phi) is 35.0. The maximum absolute atomic E-state index is 12.2. The topological polar surface area (TPSA) is 93.1 Å². The number of carbonyl (C=O) groups is 2. The summed E-state index contributed by atoms with van der Waals surface area (Å²) >= 11 is 0. The van der Waals surface area contributed by atoms with E-state index in [0.29, 0.717) is 6.42 Å². The van der Waals surface area contributed by atoms with Crippen LogP contribution in [-0.2, 0) is 19.1 Å². The first kappa shape index (κ1) is 45.3. The minimum Gasteiger partial charge on any atom is -0.462 e. The first-order chi connectivity index (χ1) is 23.5. The lowest BCUT2D eigenvalue weighted by Gasteiger charge is -2.16. The molecule has 0 saturated heterocycles. The third-order valence-electron chi connectivity index (χ3n) is 7.88. The third-order valence-corrected chi connectivity index (χ3v) is 7.88. The summed E-state index contributed by atoms with van der Waals surface area (Å²) in [7, 11) is 0. The summed E-state index contributed by atoms with van der Waals surface area (Å²) < 4.78 is 10.4. The zero-order chi connectivity index (χ0) is 35.2. The Morgan fingerprint density at radius 2 is 1.06 bits per heavy atom. The molecule has 2 N–H and O–H groups in total.